The summed E-state index contributed by atoms with van der Waals surface area (Å²) in [7, 11) is 0. The maximum Gasteiger partial charge on any atom is 0.273 e. The average molecular weight is 281 g/mol. The molecule has 4 N–H and O–H groups in total. The van der Waals surface area contributed by atoms with Crippen LogP contribution < -0.4 is 11.1 Å². The molecule has 112 valence electrons. The highest BCUT2D eigenvalue weighted by Gasteiger charge is 2.33. The molecular formula is C13H23N5O2. The summed E-state index contributed by atoms with van der Waals surface area (Å²) in [5.74, 6) is 0.191. The molecule has 7 heteroatoms. The van der Waals surface area contributed by atoms with Gasteiger partial charge in [0, 0.05) is 13.1 Å². The monoisotopic (exact) mass is 281 g/mol. The van der Waals surface area contributed by atoms with Crippen LogP contribution in [-0.4, -0.2) is 44.7 Å². The number of carbonyl (C=O) groups is 1. The van der Waals surface area contributed by atoms with Crippen LogP contribution in [0.3, 0.4) is 0 Å². The SMILES string of the molecule is CC1CCCC(O)(CNC(=O)c2cn(CCN)nn2)C1. The van der Waals surface area contributed by atoms with Crippen LogP contribution in [0.4, 0.5) is 0 Å². The molecule has 20 heavy (non-hydrogen) atoms. The number of aliphatic hydroxyl groups is 1. The Hall–Kier alpha value is -1.47. The molecule has 2 atom stereocenters. The minimum absolute atomic E-state index is 0.255. The zero-order valence-corrected chi connectivity index (χ0v) is 11.9. The van der Waals surface area contributed by atoms with Gasteiger partial charge in [-0.3, -0.25) is 9.48 Å². The molecule has 1 aliphatic rings. The smallest absolute Gasteiger partial charge is 0.273 e. The van der Waals surface area contributed by atoms with E-state index in [0.29, 0.717) is 19.0 Å². The van der Waals surface area contributed by atoms with Crippen LogP contribution in [0, 0.1) is 5.92 Å². The van der Waals surface area contributed by atoms with Crippen LogP contribution in [0.1, 0.15) is 43.1 Å². The molecule has 2 rings (SSSR count). The van der Waals surface area contributed by atoms with E-state index in [2.05, 4.69) is 22.6 Å². The summed E-state index contributed by atoms with van der Waals surface area (Å²) >= 11 is 0. The Labute approximate surface area is 118 Å². The third kappa shape index (κ3) is 3.77. The third-order valence-corrected chi connectivity index (χ3v) is 3.77. The summed E-state index contributed by atoms with van der Waals surface area (Å²) in [6, 6.07) is 0. The minimum atomic E-state index is -0.791. The first kappa shape index (κ1) is 14.9. The average Bonchev–Trinajstić information content (AvgIpc) is 2.85. The van der Waals surface area contributed by atoms with E-state index in [9.17, 15) is 9.90 Å². The van der Waals surface area contributed by atoms with Crippen molar-refractivity contribution in [3.8, 4) is 0 Å². The highest BCUT2D eigenvalue weighted by Crippen LogP contribution is 2.31. The number of nitrogens with zero attached hydrogens (tertiary/aromatic N) is 3. The summed E-state index contributed by atoms with van der Waals surface area (Å²) in [5.41, 5.74) is 4.87. The van der Waals surface area contributed by atoms with Gasteiger partial charge in [0.1, 0.15) is 0 Å². The number of hydrogen-bond donors (Lipinski definition) is 3. The van der Waals surface area contributed by atoms with Crippen LogP contribution in [-0.2, 0) is 6.54 Å². The second kappa shape index (κ2) is 6.32. The predicted octanol–water partition coefficient (Wildman–Crippen LogP) is -0.0922. The summed E-state index contributed by atoms with van der Waals surface area (Å²) in [6.45, 7) is 3.37. The van der Waals surface area contributed by atoms with E-state index in [1.165, 1.54) is 4.68 Å². The number of carbonyl (C=O) groups excluding carboxylic acids is 1. The number of hydrogen-bond acceptors (Lipinski definition) is 5. The van der Waals surface area contributed by atoms with Crippen molar-refractivity contribution in [3.63, 3.8) is 0 Å². The zero-order valence-electron chi connectivity index (χ0n) is 11.9. The second-order valence-corrected chi connectivity index (χ2v) is 5.76. The quantitative estimate of drug-likeness (QED) is 0.699. The van der Waals surface area contributed by atoms with E-state index >= 15 is 0 Å². The van der Waals surface area contributed by atoms with Gasteiger partial charge in [0.2, 0.25) is 0 Å². The van der Waals surface area contributed by atoms with Gasteiger partial charge in [-0.05, 0) is 18.8 Å². The van der Waals surface area contributed by atoms with Gasteiger partial charge in [0.05, 0.1) is 18.3 Å². The lowest BCUT2D eigenvalue weighted by molar-refractivity contribution is -0.0109. The summed E-state index contributed by atoms with van der Waals surface area (Å²) < 4.78 is 1.53. The lowest BCUT2D eigenvalue weighted by atomic mass is 9.79. The lowest BCUT2D eigenvalue weighted by Crippen LogP contribution is -2.45. The fourth-order valence-electron chi connectivity index (χ4n) is 2.77. The molecule has 1 aromatic heterocycles. The molecule has 1 aromatic rings. The summed E-state index contributed by atoms with van der Waals surface area (Å²) in [4.78, 5) is 12.0. The molecule has 1 saturated carbocycles. The molecule has 0 radical (unpaired) electrons. The van der Waals surface area contributed by atoms with E-state index in [1.807, 2.05) is 0 Å². The molecular weight excluding hydrogens is 258 g/mol. The Bertz CT molecular complexity index is 461. The van der Waals surface area contributed by atoms with Crippen molar-refractivity contribution >= 4 is 5.91 Å². The van der Waals surface area contributed by atoms with Gasteiger partial charge in [-0.2, -0.15) is 0 Å². The van der Waals surface area contributed by atoms with E-state index in [1.54, 1.807) is 6.20 Å². The number of nitrogens with one attached hydrogen (secondary N) is 1. The number of nitrogens with two attached hydrogens (primary N) is 1. The minimum Gasteiger partial charge on any atom is -0.388 e. The molecule has 1 amide bonds. The third-order valence-electron chi connectivity index (χ3n) is 3.77. The van der Waals surface area contributed by atoms with Crippen LogP contribution in [0.25, 0.3) is 0 Å². The molecule has 1 aliphatic carbocycles. The first-order valence-corrected chi connectivity index (χ1v) is 7.13. The molecule has 1 fully saturated rings. The van der Waals surface area contributed by atoms with Gasteiger partial charge in [-0.25, -0.2) is 0 Å². The maximum absolute atomic E-state index is 12.0. The second-order valence-electron chi connectivity index (χ2n) is 5.76. The molecule has 2 unspecified atom stereocenters. The van der Waals surface area contributed by atoms with Gasteiger partial charge >= 0.3 is 0 Å². The molecule has 0 aliphatic heterocycles. The van der Waals surface area contributed by atoms with Crippen LogP contribution in [0.5, 0.6) is 0 Å². The summed E-state index contributed by atoms with van der Waals surface area (Å²) in [6.07, 6.45) is 5.17. The highest BCUT2D eigenvalue weighted by molar-refractivity contribution is 5.91. The Morgan fingerprint density at radius 2 is 2.50 bits per heavy atom. The fourth-order valence-corrected chi connectivity index (χ4v) is 2.77. The maximum atomic E-state index is 12.0. The molecule has 7 nitrogen and oxygen atoms in total. The number of amides is 1. The van der Waals surface area contributed by atoms with Crippen molar-refractivity contribution < 1.29 is 9.90 Å². The normalized spacial score (nSPS) is 26.4. The number of aromatic nitrogens is 3. The lowest BCUT2D eigenvalue weighted by Gasteiger charge is -2.35. The predicted molar refractivity (Wildman–Crippen MR) is 74.0 cm³/mol. The summed E-state index contributed by atoms with van der Waals surface area (Å²) in [5, 5.41) is 20.8. The zero-order chi connectivity index (χ0) is 14.6. The van der Waals surface area contributed by atoms with Gasteiger partial charge in [-0.1, -0.05) is 25.0 Å². The van der Waals surface area contributed by atoms with Gasteiger partial charge in [0.25, 0.3) is 5.91 Å². The Morgan fingerprint density at radius 1 is 1.70 bits per heavy atom. The topological polar surface area (TPSA) is 106 Å². The Balaban J connectivity index is 1.87. The van der Waals surface area contributed by atoms with Crippen molar-refractivity contribution in [2.45, 2.75) is 44.8 Å². The molecule has 0 aromatic carbocycles. The van der Waals surface area contributed by atoms with E-state index in [-0.39, 0.29) is 18.1 Å². The van der Waals surface area contributed by atoms with E-state index in [0.717, 1.165) is 25.7 Å². The highest BCUT2D eigenvalue weighted by atomic mass is 16.3. The largest absolute Gasteiger partial charge is 0.388 e. The van der Waals surface area contributed by atoms with Crippen molar-refractivity contribution in [3.05, 3.63) is 11.9 Å². The van der Waals surface area contributed by atoms with Crippen LogP contribution in [0.2, 0.25) is 0 Å². The number of rotatable bonds is 5. The van der Waals surface area contributed by atoms with E-state index < -0.39 is 5.60 Å². The first-order chi connectivity index (χ1) is 9.52. The molecule has 0 spiro atoms. The van der Waals surface area contributed by atoms with Crippen LogP contribution >= 0.6 is 0 Å². The van der Waals surface area contributed by atoms with Crippen molar-refractivity contribution in [2.24, 2.45) is 11.7 Å². The van der Waals surface area contributed by atoms with E-state index in [4.69, 9.17) is 5.73 Å². The van der Waals surface area contributed by atoms with Crippen molar-refractivity contribution in [1.29, 1.82) is 0 Å². The van der Waals surface area contributed by atoms with Crippen molar-refractivity contribution in [2.75, 3.05) is 13.1 Å². The Kier molecular flexibility index (Phi) is 4.72. The first-order valence-electron chi connectivity index (χ1n) is 7.13. The van der Waals surface area contributed by atoms with Gasteiger partial charge in [0.15, 0.2) is 5.69 Å². The molecule has 1 heterocycles. The standard InChI is InChI=1S/C13H23N5O2/c1-10-3-2-4-13(20,7-10)9-15-12(19)11-8-18(6-5-14)17-16-11/h8,10,20H,2-7,9,14H2,1H3,(H,15,19). The fraction of sp³-hybridized carbons (Fsp3) is 0.769. The molecule has 0 bridgehead atoms. The van der Waals surface area contributed by atoms with Crippen LogP contribution in [0.15, 0.2) is 6.20 Å². The van der Waals surface area contributed by atoms with Gasteiger partial charge < -0.3 is 16.2 Å². The molecule has 0 saturated heterocycles. The van der Waals surface area contributed by atoms with Gasteiger partial charge in [-0.15, -0.1) is 5.10 Å². The Morgan fingerprint density at radius 3 is 3.20 bits per heavy atom. The van der Waals surface area contributed by atoms with Crippen molar-refractivity contribution in [1.82, 2.24) is 20.3 Å².